The molecule has 2 rings (SSSR count). The number of nitrogens with one attached hydrogen (secondary N) is 1. The van der Waals surface area contributed by atoms with Gasteiger partial charge < -0.3 is 11.1 Å². The Balaban J connectivity index is 1.96. The maximum atomic E-state index is 12.8. The van der Waals surface area contributed by atoms with Gasteiger partial charge in [-0.3, -0.25) is 0 Å². The minimum atomic E-state index is -0.284. The van der Waals surface area contributed by atoms with Crippen LogP contribution in [0.3, 0.4) is 0 Å². The van der Waals surface area contributed by atoms with Crippen LogP contribution in [0.1, 0.15) is 26.2 Å². The van der Waals surface area contributed by atoms with Crippen LogP contribution in [0.15, 0.2) is 18.2 Å². The number of hydrogen-bond acceptors (Lipinski definition) is 2. The molecule has 3 heteroatoms. The van der Waals surface area contributed by atoms with E-state index >= 15 is 0 Å². The topological polar surface area (TPSA) is 38.0 Å². The van der Waals surface area contributed by atoms with Crippen molar-refractivity contribution in [2.75, 3.05) is 11.1 Å². The van der Waals surface area contributed by atoms with Gasteiger partial charge in [0.15, 0.2) is 0 Å². The Morgan fingerprint density at radius 3 is 2.87 bits per heavy atom. The van der Waals surface area contributed by atoms with Gasteiger partial charge in [-0.1, -0.05) is 12.8 Å². The Bertz CT molecular complexity index is 347. The van der Waals surface area contributed by atoms with Gasteiger partial charge in [0.1, 0.15) is 5.82 Å². The van der Waals surface area contributed by atoms with E-state index in [2.05, 4.69) is 12.2 Å². The zero-order valence-electron chi connectivity index (χ0n) is 8.96. The number of nitrogens with two attached hydrogens (primary N) is 1. The van der Waals surface area contributed by atoms with E-state index in [0.29, 0.717) is 11.7 Å². The molecule has 1 saturated carbocycles. The zero-order chi connectivity index (χ0) is 10.8. The van der Waals surface area contributed by atoms with Crippen LogP contribution in [0.2, 0.25) is 0 Å². The van der Waals surface area contributed by atoms with Crippen LogP contribution in [-0.4, -0.2) is 6.04 Å². The lowest BCUT2D eigenvalue weighted by Crippen LogP contribution is -2.16. The molecule has 1 aliphatic carbocycles. The third kappa shape index (κ3) is 2.85. The number of rotatable bonds is 4. The van der Waals surface area contributed by atoms with Gasteiger partial charge in [0.2, 0.25) is 0 Å². The van der Waals surface area contributed by atoms with Gasteiger partial charge in [-0.15, -0.1) is 0 Å². The molecule has 15 heavy (non-hydrogen) atoms. The molecule has 0 aromatic heterocycles. The lowest BCUT2D eigenvalue weighted by Gasteiger charge is -2.16. The molecule has 1 aliphatic rings. The van der Waals surface area contributed by atoms with Crippen LogP contribution >= 0.6 is 0 Å². The number of benzene rings is 1. The summed E-state index contributed by atoms with van der Waals surface area (Å²) in [7, 11) is 0. The summed E-state index contributed by atoms with van der Waals surface area (Å²) in [6, 6.07) is 4.90. The summed E-state index contributed by atoms with van der Waals surface area (Å²) >= 11 is 0. The predicted octanol–water partition coefficient (Wildman–Crippen LogP) is 3.01. The smallest absolute Gasteiger partial charge is 0.125 e. The highest BCUT2D eigenvalue weighted by atomic mass is 19.1. The van der Waals surface area contributed by atoms with E-state index in [1.54, 1.807) is 6.07 Å². The number of hydrogen-bond donors (Lipinski definition) is 2. The molecule has 0 radical (unpaired) electrons. The maximum Gasteiger partial charge on any atom is 0.125 e. The first-order chi connectivity index (χ1) is 7.15. The lowest BCUT2D eigenvalue weighted by atomic mass is 10.1. The van der Waals surface area contributed by atoms with E-state index in [0.717, 1.165) is 11.6 Å². The van der Waals surface area contributed by atoms with E-state index in [1.807, 2.05) is 0 Å². The molecule has 3 N–H and O–H groups in total. The quantitative estimate of drug-likeness (QED) is 0.746. The second-order valence-electron chi connectivity index (χ2n) is 4.46. The van der Waals surface area contributed by atoms with E-state index in [9.17, 15) is 4.39 Å². The van der Waals surface area contributed by atoms with Gasteiger partial charge >= 0.3 is 0 Å². The van der Waals surface area contributed by atoms with Gasteiger partial charge in [-0.25, -0.2) is 4.39 Å². The summed E-state index contributed by atoms with van der Waals surface area (Å²) in [6.45, 7) is 2.14. The molecule has 0 heterocycles. The molecule has 0 amide bonds. The van der Waals surface area contributed by atoms with Crippen molar-refractivity contribution in [3.63, 3.8) is 0 Å². The fraction of sp³-hybridized carbons (Fsp3) is 0.500. The first kappa shape index (κ1) is 10.3. The second kappa shape index (κ2) is 4.09. The molecule has 0 spiro atoms. The van der Waals surface area contributed by atoms with Gasteiger partial charge in [0.25, 0.3) is 0 Å². The molecule has 1 fully saturated rings. The highest BCUT2D eigenvalue weighted by Crippen LogP contribution is 2.34. The number of anilines is 2. The highest BCUT2D eigenvalue weighted by Gasteiger charge is 2.23. The average molecular weight is 208 g/mol. The highest BCUT2D eigenvalue weighted by molar-refractivity contribution is 5.66. The van der Waals surface area contributed by atoms with Gasteiger partial charge in [0.05, 0.1) is 11.4 Å². The fourth-order valence-electron chi connectivity index (χ4n) is 1.84. The summed E-state index contributed by atoms with van der Waals surface area (Å²) < 4.78 is 12.8. The fourth-order valence-corrected chi connectivity index (χ4v) is 1.84. The van der Waals surface area contributed by atoms with E-state index in [-0.39, 0.29) is 5.82 Å². The predicted molar refractivity (Wildman–Crippen MR) is 61.2 cm³/mol. The van der Waals surface area contributed by atoms with Crippen molar-refractivity contribution in [2.45, 2.75) is 32.2 Å². The molecule has 1 aromatic rings. The lowest BCUT2D eigenvalue weighted by molar-refractivity contribution is 0.626. The normalized spacial score (nSPS) is 17.5. The minimum Gasteiger partial charge on any atom is -0.397 e. The van der Waals surface area contributed by atoms with Crippen molar-refractivity contribution >= 4 is 11.4 Å². The van der Waals surface area contributed by atoms with E-state index in [1.165, 1.54) is 31.4 Å². The molecule has 82 valence electrons. The molecule has 1 aromatic carbocycles. The van der Waals surface area contributed by atoms with Crippen LogP contribution in [0.5, 0.6) is 0 Å². The summed E-state index contributed by atoms with van der Waals surface area (Å²) in [4.78, 5) is 0. The number of nitrogen functional groups attached to an aromatic ring is 1. The third-order valence-corrected chi connectivity index (χ3v) is 2.80. The zero-order valence-corrected chi connectivity index (χ0v) is 8.96. The van der Waals surface area contributed by atoms with Crippen molar-refractivity contribution in [3.05, 3.63) is 24.0 Å². The van der Waals surface area contributed by atoms with Gasteiger partial charge in [-0.2, -0.15) is 0 Å². The van der Waals surface area contributed by atoms with Crippen LogP contribution in [0, 0.1) is 11.7 Å². The molecule has 1 unspecified atom stereocenters. The van der Waals surface area contributed by atoms with Crippen molar-refractivity contribution in [3.8, 4) is 0 Å². The molecular weight excluding hydrogens is 191 g/mol. The van der Waals surface area contributed by atoms with Crippen LogP contribution in [0.25, 0.3) is 0 Å². The van der Waals surface area contributed by atoms with E-state index < -0.39 is 0 Å². The molecule has 0 bridgehead atoms. The number of halogens is 1. The maximum absolute atomic E-state index is 12.8. The van der Waals surface area contributed by atoms with Crippen LogP contribution in [0.4, 0.5) is 15.8 Å². The summed E-state index contributed by atoms with van der Waals surface area (Å²) in [5.74, 6) is 0.599. The van der Waals surface area contributed by atoms with Gasteiger partial charge in [0, 0.05) is 6.04 Å². The Kier molecular flexibility index (Phi) is 2.80. The van der Waals surface area contributed by atoms with E-state index in [4.69, 9.17) is 5.73 Å². The summed E-state index contributed by atoms with van der Waals surface area (Å²) in [6.07, 6.45) is 3.88. The summed E-state index contributed by atoms with van der Waals surface area (Å²) in [5, 5.41) is 3.32. The molecular formula is C12H17FN2. The Hall–Kier alpha value is -1.25. The molecule has 0 aliphatic heterocycles. The van der Waals surface area contributed by atoms with Crippen molar-refractivity contribution in [1.82, 2.24) is 0 Å². The van der Waals surface area contributed by atoms with Crippen molar-refractivity contribution < 1.29 is 4.39 Å². The van der Waals surface area contributed by atoms with Crippen LogP contribution in [-0.2, 0) is 0 Å². The first-order valence-electron chi connectivity index (χ1n) is 5.46. The Labute approximate surface area is 89.7 Å². The second-order valence-corrected chi connectivity index (χ2v) is 4.46. The molecule has 0 saturated heterocycles. The minimum absolute atomic E-state index is 0.284. The average Bonchev–Trinajstić information content (AvgIpc) is 2.94. The standard InChI is InChI=1S/C12H17FN2/c1-8(6-9-2-3-9)15-12-5-4-10(13)7-11(12)14/h4-5,7-9,15H,2-3,6,14H2,1H3. The van der Waals surface area contributed by atoms with Gasteiger partial charge in [-0.05, 0) is 37.5 Å². The largest absolute Gasteiger partial charge is 0.397 e. The van der Waals surface area contributed by atoms with Crippen molar-refractivity contribution in [1.29, 1.82) is 0 Å². The SMILES string of the molecule is CC(CC1CC1)Nc1ccc(F)cc1N. The monoisotopic (exact) mass is 208 g/mol. The molecule has 1 atom stereocenters. The van der Waals surface area contributed by atoms with Crippen LogP contribution < -0.4 is 11.1 Å². The summed E-state index contributed by atoms with van der Waals surface area (Å²) in [5.41, 5.74) is 7.04. The first-order valence-corrected chi connectivity index (χ1v) is 5.46. The van der Waals surface area contributed by atoms with Crippen molar-refractivity contribution in [2.24, 2.45) is 5.92 Å². The Morgan fingerprint density at radius 2 is 2.27 bits per heavy atom. The third-order valence-electron chi connectivity index (χ3n) is 2.80. The Morgan fingerprint density at radius 1 is 1.53 bits per heavy atom. The molecule has 2 nitrogen and oxygen atoms in total.